The number of benzene rings is 3. The van der Waals surface area contributed by atoms with Gasteiger partial charge in [-0.15, -0.1) is 0 Å². The Hall–Kier alpha value is -3.60. The van der Waals surface area contributed by atoms with E-state index in [2.05, 4.69) is 10.6 Å². The molecule has 0 aromatic heterocycles. The molecule has 0 unspecified atom stereocenters. The van der Waals surface area contributed by atoms with Crippen LogP contribution in [0.15, 0.2) is 84.9 Å². The summed E-state index contributed by atoms with van der Waals surface area (Å²) in [7, 11) is 0. The van der Waals surface area contributed by atoms with Gasteiger partial charge in [0.2, 0.25) is 5.91 Å². The molecule has 3 rings (SSSR count). The van der Waals surface area contributed by atoms with Gasteiger partial charge in [-0.25, -0.2) is 0 Å². The Morgan fingerprint density at radius 3 is 1.97 bits per heavy atom. The summed E-state index contributed by atoms with van der Waals surface area (Å²) in [5.74, 6) is -0.211. The molecule has 0 spiro atoms. The largest absolute Gasteiger partial charge is 0.508 e. The van der Waals surface area contributed by atoms with Gasteiger partial charge in [-0.1, -0.05) is 66.7 Å². The zero-order chi connectivity index (χ0) is 21.2. The van der Waals surface area contributed by atoms with E-state index in [1.54, 1.807) is 12.1 Å². The Kier molecular flexibility index (Phi) is 7.61. The fourth-order valence-corrected chi connectivity index (χ4v) is 3.32. The van der Waals surface area contributed by atoms with Crippen LogP contribution < -0.4 is 10.6 Å². The molecule has 0 aliphatic carbocycles. The van der Waals surface area contributed by atoms with Crippen LogP contribution in [-0.2, 0) is 4.79 Å². The zero-order valence-corrected chi connectivity index (χ0v) is 16.8. The van der Waals surface area contributed by atoms with Gasteiger partial charge in [-0.3, -0.25) is 9.59 Å². The summed E-state index contributed by atoms with van der Waals surface area (Å²) in [5, 5.41) is 15.2. The van der Waals surface area contributed by atoms with Gasteiger partial charge in [0.15, 0.2) is 0 Å². The molecule has 0 saturated carbocycles. The second kappa shape index (κ2) is 10.8. The molecule has 3 aromatic rings. The van der Waals surface area contributed by atoms with Crippen molar-refractivity contribution in [1.82, 2.24) is 10.6 Å². The Bertz CT molecular complexity index is 919. The highest BCUT2D eigenvalue weighted by Gasteiger charge is 2.17. The number of hydrogen-bond acceptors (Lipinski definition) is 3. The normalized spacial score (nSPS) is 10.6. The van der Waals surface area contributed by atoms with Crippen molar-refractivity contribution in [2.75, 3.05) is 13.1 Å². The van der Waals surface area contributed by atoms with Crippen LogP contribution in [-0.4, -0.2) is 30.0 Å². The van der Waals surface area contributed by atoms with Crippen LogP contribution in [0.5, 0.6) is 5.75 Å². The number of aromatic hydroxyl groups is 1. The molecule has 3 N–H and O–H groups in total. The Morgan fingerprint density at radius 2 is 1.37 bits per heavy atom. The molecule has 3 aromatic carbocycles. The highest BCUT2D eigenvalue weighted by Crippen LogP contribution is 2.27. The topological polar surface area (TPSA) is 78.4 Å². The average molecular weight is 402 g/mol. The maximum Gasteiger partial charge on any atom is 0.251 e. The second-order valence-electron chi connectivity index (χ2n) is 7.09. The molecule has 0 radical (unpaired) electrons. The van der Waals surface area contributed by atoms with E-state index in [0.29, 0.717) is 31.5 Å². The van der Waals surface area contributed by atoms with Crippen molar-refractivity contribution in [1.29, 1.82) is 0 Å². The molecule has 0 aliphatic rings. The van der Waals surface area contributed by atoms with Crippen LogP contribution in [0.1, 0.15) is 40.2 Å². The molecule has 0 heterocycles. The van der Waals surface area contributed by atoms with Gasteiger partial charge in [0.25, 0.3) is 5.91 Å². The van der Waals surface area contributed by atoms with Crippen LogP contribution in [0.3, 0.4) is 0 Å². The Balaban J connectivity index is 1.46. The zero-order valence-electron chi connectivity index (χ0n) is 16.8. The first kappa shape index (κ1) is 21.1. The summed E-state index contributed by atoms with van der Waals surface area (Å²) < 4.78 is 0. The predicted octanol–water partition coefficient (Wildman–Crippen LogP) is 3.85. The highest BCUT2D eigenvalue weighted by atomic mass is 16.3. The van der Waals surface area contributed by atoms with Crippen molar-refractivity contribution in [3.63, 3.8) is 0 Å². The van der Waals surface area contributed by atoms with Crippen molar-refractivity contribution >= 4 is 11.8 Å². The van der Waals surface area contributed by atoms with Gasteiger partial charge in [-0.05, 0) is 35.7 Å². The molecule has 2 amide bonds. The third kappa shape index (κ3) is 6.21. The molecule has 0 fully saturated rings. The molecule has 0 bridgehead atoms. The lowest BCUT2D eigenvalue weighted by Crippen LogP contribution is -2.30. The van der Waals surface area contributed by atoms with E-state index in [1.165, 1.54) is 12.1 Å². The van der Waals surface area contributed by atoms with E-state index in [4.69, 9.17) is 0 Å². The first-order valence-electron chi connectivity index (χ1n) is 10.1. The summed E-state index contributed by atoms with van der Waals surface area (Å²) in [6, 6.07) is 26.3. The lowest BCUT2D eigenvalue weighted by molar-refractivity contribution is -0.121. The Morgan fingerprint density at radius 1 is 0.767 bits per heavy atom. The smallest absolute Gasteiger partial charge is 0.251 e. The summed E-state index contributed by atoms with van der Waals surface area (Å²) in [4.78, 5) is 24.6. The van der Waals surface area contributed by atoms with Crippen molar-refractivity contribution < 1.29 is 14.7 Å². The minimum atomic E-state index is -0.245. The van der Waals surface area contributed by atoms with Crippen molar-refractivity contribution in [3.05, 3.63) is 102 Å². The third-order valence-electron chi connectivity index (χ3n) is 4.86. The highest BCUT2D eigenvalue weighted by molar-refractivity contribution is 5.94. The lowest BCUT2D eigenvalue weighted by Gasteiger charge is -2.18. The molecular formula is C25H26N2O3. The first-order chi connectivity index (χ1) is 14.6. The van der Waals surface area contributed by atoms with E-state index in [0.717, 1.165) is 11.1 Å². The number of phenolic OH excluding ortho intramolecular Hbond substituents is 1. The third-order valence-corrected chi connectivity index (χ3v) is 4.86. The quantitative estimate of drug-likeness (QED) is 0.476. The minimum absolute atomic E-state index is 0.00198. The number of hydrogen-bond donors (Lipinski definition) is 3. The number of rotatable bonds is 9. The van der Waals surface area contributed by atoms with Crippen molar-refractivity contribution in [2.45, 2.75) is 18.8 Å². The van der Waals surface area contributed by atoms with E-state index in [1.807, 2.05) is 60.7 Å². The molecule has 0 aliphatic heterocycles. The molecule has 5 nitrogen and oxygen atoms in total. The van der Waals surface area contributed by atoms with E-state index >= 15 is 0 Å². The van der Waals surface area contributed by atoms with Crippen LogP contribution in [0.25, 0.3) is 0 Å². The summed E-state index contributed by atoms with van der Waals surface area (Å²) in [6.45, 7) is 0.922. The molecule has 0 saturated heterocycles. The van der Waals surface area contributed by atoms with Crippen LogP contribution >= 0.6 is 0 Å². The van der Waals surface area contributed by atoms with Gasteiger partial charge in [0.1, 0.15) is 5.75 Å². The molecule has 154 valence electrons. The van der Waals surface area contributed by atoms with Crippen molar-refractivity contribution in [2.24, 2.45) is 0 Å². The standard InChI is InChI=1S/C25H26N2O3/c28-22-14-7-13-21(17-22)25(30)27-16-8-15-26-24(29)18-23(19-9-3-1-4-10-19)20-11-5-2-6-12-20/h1-7,9-14,17,23,28H,8,15-16,18H2,(H,26,29)(H,27,30). The monoisotopic (exact) mass is 402 g/mol. The molecular weight excluding hydrogens is 376 g/mol. The minimum Gasteiger partial charge on any atom is -0.508 e. The maximum atomic E-state index is 12.5. The Labute approximate surface area is 176 Å². The number of nitrogens with one attached hydrogen (secondary N) is 2. The molecule has 30 heavy (non-hydrogen) atoms. The number of carbonyl (C=O) groups is 2. The SMILES string of the molecule is O=C(CC(c1ccccc1)c1ccccc1)NCCCNC(=O)c1cccc(O)c1. The van der Waals surface area contributed by atoms with E-state index in [9.17, 15) is 14.7 Å². The number of phenols is 1. The molecule has 0 atom stereocenters. The summed E-state index contributed by atoms with van der Waals surface area (Å²) >= 11 is 0. The van der Waals surface area contributed by atoms with Crippen LogP contribution in [0.2, 0.25) is 0 Å². The van der Waals surface area contributed by atoms with Gasteiger partial charge in [0.05, 0.1) is 0 Å². The fourth-order valence-electron chi connectivity index (χ4n) is 3.32. The lowest BCUT2D eigenvalue weighted by atomic mass is 9.88. The molecule has 5 heteroatoms. The summed E-state index contributed by atoms with van der Waals surface area (Å²) in [6.07, 6.45) is 0.987. The van der Waals surface area contributed by atoms with Gasteiger partial charge >= 0.3 is 0 Å². The average Bonchev–Trinajstić information content (AvgIpc) is 2.78. The summed E-state index contributed by atoms with van der Waals surface area (Å²) in [5.41, 5.74) is 2.63. The van der Waals surface area contributed by atoms with Gasteiger partial charge < -0.3 is 15.7 Å². The van der Waals surface area contributed by atoms with Crippen molar-refractivity contribution in [3.8, 4) is 5.75 Å². The predicted molar refractivity (Wildman–Crippen MR) is 117 cm³/mol. The van der Waals surface area contributed by atoms with Crippen LogP contribution in [0, 0.1) is 0 Å². The first-order valence-corrected chi connectivity index (χ1v) is 10.1. The van der Waals surface area contributed by atoms with Gasteiger partial charge in [-0.2, -0.15) is 0 Å². The van der Waals surface area contributed by atoms with Crippen LogP contribution in [0.4, 0.5) is 0 Å². The number of carbonyl (C=O) groups excluding carboxylic acids is 2. The maximum absolute atomic E-state index is 12.5. The fraction of sp³-hybridized carbons (Fsp3) is 0.200. The number of amides is 2. The van der Waals surface area contributed by atoms with Gasteiger partial charge in [0, 0.05) is 31.0 Å². The second-order valence-corrected chi connectivity index (χ2v) is 7.09. The van der Waals surface area contributed by atoms with E-state index < -0.39 is 0 Å². The van der Waals surface area contributed by atoms with E-state index in [-0.39, 0.29) is 23.5 Å².